The first kappa shape index (κ1) is 9.09. The maximum atomic E-state index is 8.96. The minimum absolute atomic E-state index is 0.175. The Morgan fingerprint density at radius 1 is 0.786 bits per heavy atom. The van der Waals surface area contributed by atoms with Gasteiger partial charge < -0.3 is 0 Å². The van der Waals surface area contributed by atoms with E-state index in [1.165, 1.54) is 6.42 Å². The Labute approximate surface area is 82.7 Å². The third kappa shape index (κ3) is 0.972. The van der Waals surface area contributed by atoms with Crippen LogP contribution in [0.5, 0.6) is 0 Å². The lowest BCUT2D eigenvalue weighted by Crippen LogP contribution is -2.59. The van der Waals surface area contributed by atoms with Crippen molar-refractivity contribution >= 4 is 0 Å². The molecule has 4 bridgehead atoms. The Hall–Kier alpha value is -0.160. The van der Waals surface area contributed by atoms with Gasteiger partial charge in [-0.25, -0.2) is 20.3 Å². The van der Waals surface area contributed by atoms with Gasteiger partial charge in [0.2, 0.25) is 5.79 Å². The minimum Gasteiger partial charge on any atom is -0.249 e. The van der Waals surface area contributed by atoms with Crippen LogP contribution >= 0.6 is 0 Å². The third-order valence-electron chi connectivity index (χ3n) is 4.56. The lowest BCUT2D eigenvalue weighted by atomic mass is 9.53. The van der Waals surface area contributed by atoms with Crippen molar-refractivity contribution in [1.82, 2.24) is 0 Å². The Morgan fingerprint density at radius 2 is 1.21 bits per heavy atom. The van der Waals surface area contributed by atoms with Crippen LogP contribution in [0.3, 0.4) is 0 Å². The fourth-order valence-electron chi connectivity index (χ4n) is 4.16. The van der Waals surface area contributed by atoms with Crippen LogP contribution in [-0.2, 0) is 9.78 Å². The van der Waals surface area contributed by atoms with Crippen molar-refractivity contribution < 1.29 is 20.3 Å². The highest BCUT2D eigenvalue weighted by Gasteiger charge is 2.60. The molecule has 4 saturated carbocycles. The summed E-state index contributed by atoms with van der Waals surface area (Å²) >= 11 is 0. The summed E-state index contributed by atoms with van der Waals surface area (Å²) in [6, 6.07) is 0. The monoisotopic (exact) mass is 200 g/mol. The van der Waals surface area contributed by atoms with Crippen LogP contribution in [0, 0.1) is 23.7 Å². The quantitative estimate of drug-likeness (QED) is 0.407. The summed E-state index contributed by atoms with van der Waals surface area (Å²) in [5, 5.41) is 17.9. The number of hydrogen-bond donors (Lipinski definition) is 2. The van der Waals surface area contributed by atoms with E-state index in [-0.39, 0.29) is 11.8 Å². The molecule has 4 aliphatic carbocycles. The molecule has 2 N–H and O–H groups in total. The van der Waals surface area contributed by atoms with Gasteiger partial charge in [0.1, 0.15) is 0 Å². The summed E-state index contributed by atoms with van der Waals surface area (Å²) < 4.78 is 0. The molecule has 4 heteroatoms. The minimum atomic E-state index is -1.10. The van der Waals surface area contributed by atoms with Crippen molar-refractivity contribution in [2.24, 2.45) is 23.7 Å². The van der Waals surface area contributed by atoms with Gasteiger partial charge in [-0.15, -0.1) is 0 Å². The number of rotatable bonds is 2. The molecule has 0 heterocycles. The van der Waals surface area contributed by atoms with Crippen molar-refractivity contribution in [2.45, 2.75) is 37.9 Å². The highest BCUT2D eigenvalue weighted by Crippen LogP contribution is 2.59. The second-order valence-electron chi connectivity index (χ2n) is 5.21. The van der Waals surface area contributed by atoms with Crippen molar-refractivity contribution in [3.63, 3.8) is 0 Å². The van der Waals surface area contributed by atoms with Crippen LogP contribution in [0.4, 0.5) is 0 Å². The van der Waals surface area contributed by atoms with Gasteiger partial charge in [0.15, 0.2) is 0 Å². The Kier molecular flexibility index (Phi) is 1.89. The van der Waals surface area contributed by atoms with Crippen LogP contribution < -0.4 is 0 Å². The molecule has 0 aromatic rings. The molecular weight excluding hydrogens is 184 g/mol. The van der Waals surface area contributed by atoms with Crippen LogP contribution in [0.25, 0.3) is 0 Å². The Morgan fingerprint density at radius 3 is 1.57 bits per heavy atom. The Bertz CT molecular complexity index is 206. The van der Waals surface area contributed by atoms with Gasteiger partial charge in [0.05, 0.1) is 0 Å². The normalized spacial score (nSPS) is 48.4. The van der Waals surface area contributed by atoms with Crippen molar-refractivity contribution in [1.29, 1.82) is 0 Å². The fourth-order valence-corrected chi connectivity index (χ4v) is 4.16. The van der Waals surface area contributed by atoms with Gasteiger partial charge >= 0.3 is 0 Å². The predicted molar refractivity (Wildman–Crippen MR) is 47.2 cm³/mol. The van der Waals surface area contributed by atoms with E-state index in [1.807, 2.05) is 0 Å². The van der Waals surface area contributed by atoms with E-state index in [0.29, 0.717) is 0 Å². The zero-order valence-electron chi connectivity index (χ0n) is 8.06. The highest BCUT2D eigenvalue weighted by molar-refractivity contribution is 5.02. The molecule has 0 aromatic carbocycles. The van der Waals surface area contributed by atoms with E-state index < -0.39 is 5.79 Å². The van der Waals surface area contributed by atoms with Crippen LogP contribution in [0.2, 0.25) is 0 Å². The molecule has 4 fully saturated rings. The lowest BCUT2D eigenvalue weighted by Gasteiger charge is -2.57. The number of hydrogen-bond acceptors (Lipinski definition) is 4. The van der Waals surface area contributed by atoms with E-state index in [0.717, 1.165) is 37.5 Å². The molecule has 14 heavy (non-hydrogen) atoms. The summed E-state index contributed by atoms with van der Waals surface area (Å²) in [4.78, 5) is 8.98. The van der Waals surface area contributed by atoms with Crippen LogP contribution in [0.15, 0.2) is 0 Å². The van der Waals surface area contributed by atoms with E-state index in [4.69, 9.17) is 10.5 Å². The van der Waals surface area contributed by atoms with Gasteiger partial charge in [-0.05, 0) is 43.9 Å². The molecule has 0 radical (unpaired) electrons. The average Bonchev–Trinajstić information content (AvgIpc) is 2.18. The summed E-state index contributed by atoms with van der Waals surface area (Å²) in [5.74, 6) is 0.766. The first-order chi connectivity index (χ1) is 6.78. The Balaban J connectivity index is 1.93. The molecule has 0 aromatic heterocycles. The predicted octanol–water partition coefficient (Wildman–Crippen LogP) is 2.12. The van der Waals surface area contributed by atoms with E-state index in [2.05, 4.69) is 9.78 Å². The SMILES string of the molecule is OOC1(OO)C2CC3CC(C2)CC1C3. The molecule has 4 rings (SSSR count). The van der Waals surface area contributed by atoms with Crippen molar-refractivity contribution in [3.8, 4) is 0 Å². The highest BCUT2D eigenvalue weighted by atomic mass is 17.2. The van der Waals surface area contributed by atoms with Crippen LogP contribution in [-0.4, -0.2) is 16.3 Å². The van der Waals surface area contributed by atoms with Crippen molar-refractivity contribution in [3.05, 3.63) is 0 Å². The average molecular weight is 200 g/mol. The lowest BCUT2D eigenvalue weighted by molar-refractivity contribution is -0.529. The fraction of sp³-hybridized carbons (Fsp3) is 1.00. The molecule has 0 atom stereocenters. The van der Waals surface area contributed by atoms with Gasteiger partial charge in [-0.2, -0.15) is 0 Å². The topological polar surface area (TPSA) is 58.9 Å². The van der Waals surface area contributed by atoms with E-state index >= 15 is 0 Å². The molecule has 0 spiro atoms. The van der Waals surface area contributed by atoms with Gasteiger partial charge in [-0.1, -0.05) is 0 Å². The zero-order valence-corrected chi connectivity index (χ0v) is 8.06. The van der Waals surface area contributed by atoms with Crippen molar-refractivity contribution in [2.75, 3.05) is 0 Å². The maximum Gasteiger partial charge on any atom is 0.238 e. The largest absolute Gasteiger partial charge is 0.249 e. The third-order valence-corrected chi connectivity index (χ3v) is 4.56. The standard InChI is InChI=1S/C10H16O4/c11-13-10(14-12)8-2-6-1-7(4-8)5-9(10)3-6/h6-9,11-12H,1-5H2. The maximum absolute atomic E-state index is 8.96. The van der Waals surface area contributed by atoms with E-state index in [1.54, 1.807) is 0 Å². The first-order valence-corrected chi connectivity index (χ1v) is 5.43. The summed E-state index contributed by atoms with van der Waals surface area (Å²) in [5.41, 5.74) is 0. The molecule has 4 aliphatic rings. The summed E-state index contributed by atoms with van der Waals surface area (Å²) in [6.07, 6.45) is 5.41. The second kappa shape index (κ2) is 2.92. The van der Waals surface area contributed by atoms with E-state index in [9.17, 15) is 0 Å². The molecule has 80 valence electrons. The molecule has 0 unspecified atom stereocenters. The molecule has 0 saturated heterocycles. The summed E-state index contributed by atoms with van der Waals surface area (Å²) in [7, 11) is 0. The second-order valence-corrected chi connectivity index (χ2v) is 5.21. The molecular formula is C10H16O4. The summed E-state index contributed by atoms with van der Waals surface area (Å²) in [6.45, 7) is 0. The smallest absolute Gasteiger partial charge is 0.238 e. The molecule has 0 amide bonds. The first-order valence-electron chi connectivity index (χ1n) is 5.43. The molecule has 4 nitrogen and oxygen atoms in total. The van der Waals surface area contributed by atoms with Gasteiger partial charge in [0.25, 0.3) is 0 Å². The molecule has 0 aliphatic heterocycles. The van der Waals surface area contributed by atoms with Gasteiger partial charge in [0, 0.05) is 11.8 Å². The van der Waals surface area contributed by atoms with Gasteiger partial charge in [-0.3, -0.25) is 0 Å². The zero-order chi connectivity index (χ0) is 9.76. The van der Waals surface area contributed by atoms with Crippen LogP contribution in [0.1, 0.15) is 32.1 Å².